The molecule has 31 heavy (non-hydrogen) atoms. The summed E-state index contributed by atoms with van der Waals surface area (Å²) < 4.78 is 38.0. The average molecular weight is 432 g/mol. The van der Waals surface area contributed by atoms with Crippen LogP contribution >= 0.6 is 0 Å². The molecule has 0 aromatic carbocycles. The molecule has 3 aromatic heterocycles. The Morgan fingerprint density at radius 3 is 2.58 bits per heavy atom. The molecule has 1 fully saturated rings. The predicted molar refractivity (Wildman–Crippen MR) is 103 cm³/mol. The molecule has 0 saturated carbocycles. The summed E-state index contributed by atoms with van der Waals surface area (Å²) in [5.74, 6) is -0.0421. The van der Waals surface area contributed by atoms with Gasteiger partial charge in [0.1, 0.15) is 11.5 Å². The number of nitrogens with zero attached hydrogens (tertiary/aromatic N) is 7. The van der Waals surface area contributed by atoms with Gasteiger partial charge in [-0.25, -0.2) is 15.0 Å². The van der Waals surface area contributed by atoms with Crippen LogP contribution in [0.4, 0.5) is 19.0 Å². The molecule has 0 radical (unpaired) electrons. The smallest absolute Gasteiger partial charge is 0.364 e. The minimum absolute atomic E-state index is 0.180. The lowest BCUT2D eigenvalue weighted by atomic mass is 10.0. The van der Waals surface area contributed by atoms with E-state index in [-0.39, 0.29) is 23.5 Å². The summed E-state index contributed by atoms with van der Waals surface area (Å²) in [7, 11) is 0. The van der Waals surface area contributed by atoms with Gasteiger partial charge >= 0.3 is 6.18 Å². The summed E-state index contributed by atoms with van der Waals surface area (Å²) in [4.78, 5) is 27.7. The number of anilines is 1. The minimum Gasteiger partial charge on any atom is -0.364 e. The Balaban J connectivity index is 1.49. The number of amides is 1. The summed E-state index contributed by atoms with van der Waals surface area (Å²) in [5.41, 5.74) is 0.530. The summed E-state index contributed by atoms with van der Waals surface area (Å²) in [6.07, 6.45) is 3.30. The summed E-state index contributed by atoms with van der Waals surface area (Å²) in [5, 5.41) is 11.3. The molecule has 1 N–H and O–H groups in total. The molecule has 4 heterocycles. The lowest BCUT2D eigenvalue weighted by Gasteiger charge is -2.33. The lowest BCUT2D eigenvalue weighted by Crippen LogP contribution is -2.45. The Morgan fingerprint density at radius 2 is 1.90 bits per heavy atom. The zero-order chi connectivity index (χ0) is 22.0. The molecule has 0 aliphatic carbocycles. The molecular weight excluding hydrogens is 413 g/mol. The number of pyridine rings is 1. The fourth-order valence-corrected chi connectivity index (χ4v) is 3.40. The average Bonchev–Trinajstić information content (AvgIpc) is 3.28. The topological polar surface area (TPSA) is 102 Å². The van der Waals surface area contributed by atoms with Gasteiger partial charge < -0.3 is 10.2 Å². The van der Waals surface area contributed by atoms with Crippen molar-refractivity contribution in [3.63, 3.8) is 0 Å². The third-order valence-corrected chi connectivity index (χ3v) is 4.84. The zero-order valence-corrected chi connectivity index (χ0v) is 16.5. The van der Waals surface area contributed by atoms with Gasteiger partial charge in [0.2, 0.25) is 0 Å². The number of nitrogens with one attached hydrogen (secondary N) is 1. The van der Waals surface area contributed by atoms with E-state index in [4.69, 9.17) is 0 Å². The standard InChI is InChI=1S/C19H19F3N8O/c1-12-7-14(30-26-4-5-27-30)17(25-8-12)18(31)29-6-2-3-13(11-29)28-16-10-23-15(9-24-16)19(20,21)22/h4-5,7-10,13H,2-3,6,11H2,1H3,(H,24,28). The second kappa shape index (κ2) is 8.28. The van der Waals surface area contributed by atoms with E-state index < -0.39 is 11.9 Å². The number of piperidine rings is 1. The monoisotopic (exact) mass is 432 g/mol. The number of likely N-dealkylation sites (tertiary alicyclic amines) is 1. The van der Waals surface area contributed by atoms with Gasteiger partial charge in [-0.2, -0.15) is 23.4 Å². The van der Waals surface area contributed by atoms with Crippen molar-refractivity contribution in [2.75, 3.05) is 18.4 Å². The Hall–Kier alpha value is -3.57. The highest BCUT2D eigenvalue weighted by atomic mass is 19.4. The van der Waals surface area contributed by atoms with Gasteiger partial charge in [0, 0.05) is 25.3 Å². The maximum atomic E-state index is 13.2. The minimum atomic E-state index is -4.54. The predicted octanol–water partition coefficient (Wildman–Crippen LogP) is 2.50. The molecule has 4 rings (SSSR count). The lowest BCUT2D eigenvalue weighted by molar-refractivity contribution is -0.141. The molecule has 162 valence electrons. The molecule has 0 spiro atoms. The molecule has 1 saturated heterocycles. The zero-order valence-electron chi connectivity index (χ0n) is 16.5. The van der Waals surface area contributed by atoms with Crippen LogP contribution < -0.4 is 5.32 Å². The van der Waals surface area contributed by atoms with Gasteiger partial charge in [-0.3, -0.25) is 4.79 Å². The second-order valence-electron chi connectivity index (χ2n) is 7.22. The van der Waals surface area contributed by atoms with E-state index in [2.05, 4.69) is 30.5 Å². The van der Waals surface area contributed by atoms with Crippen molar-refractivity contribution in [2.24, 2.45) is 0 Å². The Morgan fingerprint density at radius 1 is 1.13 bits per heavy atom. The van der Waals surface area contributed by atoms with Crippen LogP contribution in [0.5, 0.6) is 0 Å². The van der Waals surface area contributed by atoms with Crippen LogP contribution in [-0.2, 0) is 6.18 Å². The number of carbonyl (C=O) groups is 1. The van der Waals surface area contributed by atoms with Crippen molar-refractivity contribution < 1.29 is 18.0 Å². The largest absolute Gasteiger partial charge is 0.434 e. The van der Waals surface area contributed by atoms with E-state index >= 15 is 0 Å². The van der Waals surface area contributed by atoms with Crippen molar-refractivity contribution in [2.45, 2.75) is 32.0 Å². The van der Waals surface area contributed by atoms with E-state index in [0.29, 0.717) is 25.0 Å². The first kappa shape index (κ1) is 20.7. The number of halogens is 3. The van der Waals surface area contributed by atoms with Crippen LogP contribution in [0.15, 0.2) is 37.1 Å². The third-order valence-electron chi connectivity index (χ3n) is 4.84. The van der Waals surface area contributed by atoms with E-state index in [1.807, 2.05) is 6.92 Å². The number of hydrogen-bond acceptors (Lipinski definition) is 7. The molecule has 12 heteroatoms. The summed E-state index contributed by atoms with van der Waals surface area (Å²) in [6.45, 7) is 2.75. The number of carbonyl (C=O) groups excluding carboxylic acids is 1. The number of hydrogen-bond donors (Lipinski definition) is 1. The normalized spacial score (nSPS) is 16.9. The van der Waals surface area contributed by atoms with Crippen LogP contribution in [-0.4, -0.2) is 59.9 Å². The van der Waals surface area contributed by atoms with Gasteiger partial charge in [0.25, 0.3) is 5.91 Å². The highest BCUT2D eigenvalue weighted by Crippen LogP contribution is 2.27. The van der Waals surface area contributed by atoms with Crippen molar-refractivity contribution in [3.05, 3.63) is 54.0 Å². The molecule has 0 bridgehead atoms. The first-order valence-corrected chi connectivity index (χ1v) is 9.59. The maximum absolute atomic E-state index is 13.2. The highest BCUT2D eigenvalue weighted by Gasteiger charge is 2.33. The van der Waals surface area contributed by atoms with Crippen molar-refractivity contribution in [3.8, 4) is 5.69 Å². The second-order valence-corrected chi connectivity index (χ2v) is 7.22. The van der Waals surface area contributed by atoms with Gasteiger partial charge in [-0.1, -0.05) is 0 Å². The Labute approximate surface area is 175 Å². The van der Waals surface area contributed by atoms with Gasteiger partial charge in [0.15, 0.2) is 11.4 Å². The van der Waals surface area contributed by atoms with Crippen molar-refractivity contribution in [1.29, 1.82) is 0 Å². The van der Waals surface area contributed by atoms with Crippen LogP contribution in [0.3, 0.4) is 0 Å². The van der Waals surface area contributed by atoms with Gasteiger partial charge in [-0.05, 0) is 31.4 Å². The van der Waals surface area contributed by atoms with E-state index in [1.165, 1.54) is 17.2 Å². The number of aryl methyl sites for hydroxylation is 1. The number of alkyl halides is 3. The van der Waals surface area contributed by atoms with E-state index in [9.17, 15) is 18.0 Å². The molecule has 1 aliphatic heterocycles. The van der Waals surface area contributed by atoms with E-state index in [1.54, 1.807) is 17.2 Å². The van der Waals surface area contributed by atoms with Crippen LogP contribution in [0.25, 0.3) is 5.69 Å². The Kier molecular flexibility index (Phi) is 5.53. The molecule has 1 amide bonds. The molecule has 3 aromatic rings. The summed E-state index contributed by atoms with van der Waals surface area (Å²) >= 11 is 0. The quantitative estimate of drug-likeness (QED) is 0.676. The Bertz CT molecular complexity index is 1050. The summed E-state index contributed by atoms with van der Waals surface area (Å²) in [6, 6.07) is 1.61. The molecule has 1 unspecified atom stereocenters. The first-order chi connectivity index (χ1) is 14.8. The van der Waals surface area contributed by atoms with Crippen molar-refractivity contribution in [1.82, 2.24) is 34.8 Å². The number of aromatic nitrogens is 6. The van der Waals surface area contributed by atoms with Gasteiger partial charge in [0.05, 0.1) is 24.8 Å². The van der Waals surface area contributed by atoms with Crippen LogP contribution in [0, 0.1) is 6.92 Å². The van der Waals surface area contributed by atoms with E-state index in [0.717, 1.165) is 24.6 Å². The number of rotatable bonds is 4. The van der Waals surface area contributed by atoms with Crippen LogP contribution in [0.1, 0.15) is 34.6 Å². The third kappa shape index (κ3) is 4.62. The van der Waals surface area contributed by atoms with Crippen molar-refractivity contribution >= 4 is 11.7 Å². The molecular formula is C19H19F3N8O. The SMILES string of the molecule is Cc1cnc(C(=O)N2CCCC(Nc3cnc(C(F)(F)F)cn3)C2)c(-n2nccn2)c1. The molecule has 1 aliphatic rings. The maximum Gasteiger partial charge on any atom is 0.434 e. The van der Waals surface area contributed by atoms with Crippen LogP contribution in [0.2, 0.25) is 0 Å². The molecule has 9 nitrogen and oxygen atoms in total. The fraction of sp³-hybridized carbons (Fsp3) is 0.368. The molecule has 1 atom stereocenters. The first-order valence-electron chi connectivity index (χ1n) is 9.59. The fourth-order valence-electron chi connectivity index (χ4n) is 3.40. The highest BCUT2D eigenvalue weighted by molar-refractivity contribution is 5.95. The van der Waals surface area contributed by atoms with Gasteiger partial charge in [-0.15, -0.1) is 4.80 Å².